The maximum Gasteiger partial charge on any atom is 0.251 e. The molecule has 5 nitrogen and oxygen atoms in total. The van der Waals surface area contributed by atoms with E-state index in [1.165, 1.54) is 0 Å². The van der Waals surface area contributed by atoms with E-state index in [0.29, 0.717) is 23.8 Å². The van der Waals surface area contributed by atoms with Gasteiger partial charge < -0.3 is 20.7 Å². The topological polar surface area (TPSA) is 62.4 Å². The van der Waals surface area contributed by atoms with Crippen LogP contribution in [0.3, 0.4) is 0 Å². The summed E-state index contributed by atoms with van der Waals surface area (Å²) in [4.78, 5) is 11.3. The van der Waals surface area contributed by atoms with Gasteiger partial charge in [-0.25, -0.2) is 0 Å². The molecule has 0 saturated carbocycles. The van der Waals surface area contributed by atoms with Crippen molar-refractivity contribution < 1.29 is 9.53 Å². The number of thiocarbonyl (C=S) groups is 1. The fraction of sp³-hybridized carbons (Fsp3) is 0.333. The van der Waals surface area contributed by atoms with Crippen molar-refractivity contribution in [2.24, 2.45) is 0 Å². The first-order valence-electron chi connectivity index (χ1n) is 5.53. The molecule has 98 valence electrons. The van der Waals surface area contributed by atoms with Crippen molar-refractivity contribution in [2.75, 3.05) is 32.6 Å². The first kappa shape index (κ1) is 14.4. The van der Waals surface area contributed by atoms with Gasteiger partial charge in [0, 0.05) is 32.0 Å². The van der Waals surface area contributed by atoms with Crippen molar-refractivity contribution >= 4 is 28.9 Å². The van der Waals surface area contributed by atoms with Crippen LogP contribution in [-0.2, 0) is 4.74 Å². The Balaban J connectivity index is 2.48. The van der Waals surface area contributed by atoms with Crippen LogP contribution < -0.4 is 16.0 Å². The third-order valence-electron chi connectivity index (χ3n) is 2.22. The van der Waals surface area contributed by atoms with Gasteiger partial charge in [0.25, 0.3) is 5.91 Å². The first-order valence-corrected chi connectivity index (χ1v) is 5.94. The van der Waals surface area contributed by atoms with Crippen LogP contribution >= 0.6 is 12.2 Å². The van der Waals surface area contributed by atoms with Crippen LogP contribution in [0, 0.1) is 0 Å². The molecule has 0 aromatic heterocycles. The monoisotopic (exact) mass is 267 g/mol. The second-order valence-corrected chi connectivity index (χ2v) is 3.94. The number of methoxy groups -OCH3 is 1. The van der Waals surface area contributed by atoms with Crippen LogP contribution in [0.15, 0.2) is 24.3 Å². The number of carbonyl (C=O) groups is 1. The molecule has 0 atom stereocenters. The Morgan fingerprint density at radius 1 is 1.33 bits per heavy atom. The van der Waals surface area contributed by atoms with Crippen molar-refractivity contribution in [1.82, 2.24) is 10.6 Å². The van der Waals surface area contributed by atoms with E-state index in [9.17, 15) is 4.79 Å². The number of benzene rings is 1. The van der Waals surface area contributed by atoms with Gasteiger partial charge in [0.05, 0.1) is 6.61 Å². The van der Waals surface area contributed by atoms with Gasteiger partial charge in [0.2, 0.25) is 0 Å². The molecular weight excluding hydrogens is 250 g/mol. The molecule has 0 aliphatic carbocycles. The molecular formula is C12H17N3O2S. The smallest absolute Gasteiger partial charge is 0.251 e. The number of carbonyl (C=O) groups excluding carboxylic acids is 1. The van der Waals surface area contributed by atoms with Crippen molar-refractivity contribution in [1.29, 1.82) is 0 Å². The number of hydrogen-bond acceptors (Lipinski definition) is 3. The van der Waals surface area contributed by atoms with E-state index in [4.69, 9.17) is 17.0 Å². The molecule has 0 heterocycles. The summed E-state index contributed by atoms with van der Waals surface area (Å²) < 4.78 is 4.90. The van der Waals surface area contributed by atoms with Crippen LogP contribution in [0.2, 0.25) is 0 Å². The van der Waals surface area contributed by atoms with Gasteiger partial charge >= 0.3 is 0 Å². The standard InChI is InChI=1S/C12H17N3O2S/c1-13-11(16)9-3-5-10(6-4-9)15-12(18)14-7-8-17-2/h3-6H,7-8H2,1-2H3,(H,13,16)(H2,14,15,18). The fourth-order valence-corrected chi connectivity index (χ4v) is 1.51. The van der Waals surface area contributed by atoms with Crippen molar-refractivity contribution in [2.45, 2.75) is 0 Å². The third-order valence-corrected chi connectivity index (χ3v) is 2.47. The van der Waals surface area contributed by atoms with Gasteiger partial charge in [-0.05, 0) is 36.5 Å². The van der Waals surface area contributed by atoms with Crippen LogP contribution in [-0.4, -0.2) is 38.3 Å². The van der Waals surface area contributed by atoms with Gasteiger partial charge in [-0.1, -0.05) is 0 Å². The van der Waals surface area contributed by atoms with Gasteiger partial charge in [-0.3, -0.25) is 4.79 Å². The number of nitrogens with one attached hydrogen (secondary N) is 3. The van der Waals surface area contributed by atoms with Crippen molar-refractivity contribution in [3.05, 3.63) is 29.8 Å². The summed E-state index contributed by atoms with van der Waals surface area (Å²) in [6.45, 7) is 1.25. The Bertz CT molecular complexity index is 406. The highest BCUT2D eigenvalue weighted by molar-refractivity contribution is 7.80. The molecule has 0 unspecified atom stereocenters. The molecule has 0 spiro atoms. The lowest BCUT2D eigenvalue weighted by Crippen LogP contribution is -2.31. The lowest BCUT2D eigenvalue weighted by atomic mass is 10.2. The van der Waals surface area contributed by atoms with E-state index < -0.39 is 0 Å². The number of rotatable bonds is 5. The maximum atomic E-state index is 11.3. The van der Waals surface area contributed by atoms with E-state index in [1.54, 1.807) is 38.4 Å². The van der Waals surface area contributed by atoms with Gasteiger partial charge in [-0.2, -0.15) is 0 Å². The Labute approximate surface area is 112 Å². The Hall–Kier alpha value is -1.66. The van der Waals surface area contributed by atoms with E-state index in [-0.39, 0.29) is 5.91 Å². The van der Waals surface area contributed by atoms with Crippen LogP contribution in [0.25, 0.3) is 0 Å². The molecule has 0 radical (unpaired) electrons. The highest BCUT2D eigenvalue weighted by Crippen LogP contribution is 2.09. The number of anilines is 1. The summed E-state index contributed by atoms with van der Waals surface area (Å²) in [5, 5.41) is 9.11. The third kappa shape index (κ3) is 4.68. The summed E-state index contributed by atoms with van der Waals surface area (Å²) >= 11 is 5.10. The molecule has 3 N–H and O–H groups in total. The number of ether oxygens (including phenoxy) is 1. The lowest BCUT2D eigenvalue weighted by molar-refractivity contribution is 0.0963. The zero-order chi connectivity index (χ0) is 13.4. The van der Waals surface area contributed by atoms with Crippen molar-refractivity contribution in [3.63, 3.8) is 0 Å². The highest BCUT2D eigenvalue weighted by atomic mass is 32.1. The molecule has 0 bridgehead atoms. The number of hydrogen-bond donors (Lipinski definition) is 3. The number of amides is 1. The lowest BCUT2D eigenvalue weighted by Gasteiger charge is -2.10. The first-order chi connectivity index (χ1) is 8.67. The maximum absolute atomic E-state index is 11.3. The van der Waals surface area contributed by atoms with Gasteiger partial charge in [0.1, 0.15) is 0 Å². The molecule has 0 saturated heterocycles. The fourth-order valence-electron chi connectivity index (χ4n) is 1.29. The molecule has 1 aromatic rings. The van der Waals surface area contributed by atoms with Crippen molar-refractivity contribution in [3.8, 4) is 0 Å². The molecule has 1 rings (SSSR count). The van der Waals surface area contributed by atoms with Crippen LogP contribution in [0.4, 0.5) is 5.69 Å². The molecule has 0 fully saturated rings. The SMILES string of the molecule is CNC(=O)c1ccc(NC(=S)NCCOC)cc1. The molecule has 18 heavy (non-hydrogen) atoms. The summed E-state index contributed by atoms with van der Waals surface area (Å²) in [5.41, 5.74) is 1.44. The molecule has 1 aromatic carbocycles. The Kier molecular flexibility index (Phi) is 6.10. The summed E-state index contributed by atoms with van der Waals surface area (Å²) in [6.07, 6.45) is 0. The minimum Gasteiger partial charge on any atom is -0.383 e. The van der Waals surface area contributed by atoms with E-state index in [0.717, 1.165) is 5.69 Å². The average molecular weight is 267 g/mol. The van der Waals surface area contributed by atoms with Crippen LogP contribution in [0.5, 0.6) is 0 Å². The average Bonchev–Trinajstić information content (AvgIpc) is 2.39. The van der Waals surface area contributed by atoms with Crippen LogP contribution in [0.1, 0.15) is 10.4 Å². The minimum absolute atomic E-state index is 0.109. The summed E-state index contributed by atoms with van der Waals surface area (Å²) in [5.74, 6) is -0.109. The van der Waals surface area contributed by atoms with E-state index >= 15 is 0 Å². The van der Waals surface area contributed by atoms with Gasteiger partial charge in [0.15, 0.2) is 5.11 Å². The molecule has 0 aliphatic rings. The molecule has 1 amide bonds. The van der Waals surface area contributed by atoms with E-state index in [1.807, 2.05) is 0 Å². The zero-order valence-electron chi connectivity index (χ0n) is 10.4. The van der Waals surface area contributed by atoms with E-state index in [2.05, 4.69) is 16.0 Å². The summed E-state index contributed by atoms with van der Waals surface area (Å²) in [6, 6.07) is 7.07. The molecule has 6 heteroatoms. The zero-order valence-corrected chi connectivity index (χ0v) is 11.3. The minimum atomic E-state index is -0.109. The molecule has 0 aliphatic heterocycles. The quantitative estimate of drug-likeness (QED) is 0.548. The largest absolute Gasteiger partial charge is 0.383 e. The predicted octanol–water partition coefficient (Wildman–Crippen LogP) is 0.979. The van der Waals surface area contributed by atoms with Gasteiger partial charge in [-0.15, -0.1) is 0 Å². The highest BCUT2D eigenvalue weighted by Gasteiger charge is 2.02. The summed E-state index contributed by atoms with van der Waals surface area (Å²) in [7, 11) is 3.24. The Morgan fingerprint density at radius 3 is 2.56 bits per heavy atom. The normalized spacial score (nSPS) is 9.67. The predicted molar refractivity (Wildman–Crippen MR) is 75.9 cm³/mol. The second kappa shape index (κ2) is 7.62. The Morgan fingerprint density at radius 2 is 2.00 bits per heavy atom. The second-order valence-electron chi connectivity index (χ2n) is 3.53.